The summed E-state index contributed by atoms with van der Waals surface area (Å²) >= 11 is 18.0. The molecule has 2 heterocycles. The predicted molar refractivity (Wildman–Crippen MR) is 81.1 cm³/mol. The molecule has 1 aliphatic rings. The van der Waals surface area contributed by atoms with Crippen LogP contribution in [0, 0.1) is 11.3 Å². The van der Waals surface area contributed by atoms with Crippen molar-refractivity contribution in [2.75, 3.05) is 18.2 Å². The van der Waals surface area contributed by atoms with Gasteiger partial charge in [0, 0.05) is 18.5 Å². The van der Waals surface area contributed by atoms with E-state index in [2.05, 4.69) is 4.98 Å². The molecular formula is C10H8Cl3N3O3S2. The molecule has 0 aromatic carbocycles. The molecule has 0 radical (unpaired) electrons. The van der Waals surface area contributed by atoms with Crippen molar-refractivity contribution in [1.82, 2.24) is 9.29 Å². The zero-order valence-corrected chi connectivity index (χ0v) is 14.2. The Bertz CT molecular complexity index is 679. The van der Waals surface area contributed by atoms with Gasteiger partial charge < -0.3 is 4.74 Å². The van der Waals surface area contributed by atoms with Gasteiger partial charge >= 0.3 is 3.98 Å². The third-order valence-electron chi connectivity index (χ3n) is 2.55. The van der Waals surface area contributed by atoms with E-state index < -0.39 is 14.0 Å². The highest BCUT2D eigenvalue weighted by molar-refractivity contribution is 8.00. The predicted octanol–water partition coefficient (Wildman–Crippen LogP) is 2.35. The molecule has 114 valence electrons. The summed E-state index contributed by atoms with van der Waals surface area (Å²) in [4.78, 5) is 3.49. The van der Waals surface area contributed by atoms with Crippen LogP contribution in [-0.4, -0.2) is 39.9 Å². The van der Waals surface area contributed by atoms with Gasteiger partial charge in [0.25, 0.3) is 0 Å². The lowest BCUT2D eigenvalue weighted by Gasteiger charge is -2.18. The zero-order valence-electron chi connectivity index (χ0n) is 10.3. The van der Waals surface area contributed by atoms with E-state index in [9.17, 15) is 13.7 Å². The molecule has 1 saturated heterocycles. The van der Waals surface area contributed by atoms with E-state index in [-0.39, 0.29) is 16.2 Å². The molecule has 0 amide bonds. The minimum absolute atomic E-state index is 0.203. The number of pyridine rings is 1. The van der Waals surface area contributed by atoms with Crippen molar-refractivity contribution in [1.29, 1.82) is 5.26 Å². The maximum absolute atomic E-state index is 12.5. The van der Waals surface area contributed by atoms with Gasteiger partial charge in [-0.1, -0.05) is 0 Å². The SMILES string of the molecule is N#Cc1c(OC(Cl)(Cl)Cl)cncc1S(=O)(=O)N1CCSC1. The molecule has 1 aromatic rings. The first-order chi connectivity index (χ1) is 9.75. The van der Waals surface area contributed by atoms with Crippen molar-refractivity contribution < 1.29 is 13.2 Å². The van der Waals surface area contributed by atoms with Gasteiger partial charge in [-0.25, -0.2) is 8.42 Å². The number of rotatable bonds is 3. The maximum Gasteiger partial charge on any atom is 0.338 e. The maximum atomic E-state index is 12.5. The van der Waals surface area contributed by atoms with Crippen LogP contribution in [0.15, 0.2) is 17.3 Å². The van der Waals surface area contributed by atoms with Crippen LogP contribution in [-0.2, 0) is 10.0 Å². The van der Waals surface area contributed by atoms with E-state index in [0.29, 0.717) is 18.2 Å². The number of alkyl halides is 3. The van der Waals surface area contributed by atoms with Crippen molar-refractivity contribution in [2.24, 2.45) is 0 Å². The average molecular weight is 389 g/mol. The van der Waals surface area contributed by atoms with Gasteiger partial charge in [0.15, 0.2) is 5.75 Å². The van der Waals surface area contributed by atoms with Crippen LogP contribution in [0.1, 0.15) is 5.56 Å². The second-order valence-electron chi connectivity index (χ2n) is 3.89. The third-order valence-corrected chi connectivity index (χ3v) is 5.77. The van der Waals surface area contributed by atoms with E-state index in [1.54, 1.807) is 6.07 Å². The van der Waals surface area contributed by atoms with Crippen LogP contribution in [0.4, 0.5) is 0 Å². The van der Waals surface area contributed by atoms with Gasteiger partial charge in [-0.2, -0.15) is 9.57 Å². The quantitative estimate of drug-likeness (QED) is 0.739. The smallest absolute Gasteiger partial charge is 0.338 e. The van der Waals surface area contributed by atoms with Gasteiger partial charge in [0.2, 0.25) is 10.0 Å². The molecule has 0 saturated carbocycles. The number of nitrogens with zero attached hydrogens (tertiary/aromatic N) is 3. The van der Waals surface area contributed by atoms with Crippen LogP contribution >= 0.6 is 46.6 Å². The van der Waals surface area contributed by atoms with Crippen molar-refractivity contribution in [3.63, 3.8) is 0 Å². The molecule has 0 atom stereocenters. The Labute approximate surface area is 141 Å². The molecule has 0 bridgehead atoms. The van der Waals surface area contributed by atoms with Gasteiger partial charge in [-0.15, -0.1) is 11.8 Å². The highest BCUT2D eigenvalue weighted by atomic mass is 35.6. The van der Waals surface area contributed by atoms with E-state index in [0.717, 1.165) is 12.4 Å². The molecule has 0 spiro atoms. The van der Waals surface area contributed by atoms with Crippen LogP contribution < -0.4 is 4.74 Å². The van der Waals surface area contributed by atoms with E-state index in [4.69, 9.17) is 39.5 Å². The summed E-state index contributed by atoms with van der Waals surface area (Å²) in [5, 5.41) is 9.23. The summed E-state index contributed by atoms with van der Waals surface area (Å²) < 4.78 is 29.1. The number of nitriles is 1. The Balaban J connectivity index is 2.50. The fourth-order valence-electron chi connectivity index (χ4n) is 1.66. The van der Waals surface area contributed by atoms with Gasteiger partial charge in [0.05, 0.1) is 12.1 Å². The van der Waals surface area contributed by atoms with E-state index >= 15 is 0 Å². The van der Waals surface area contributed by atoms with E-state index in [1.807, 2.05) is 0 Å². The normalized spacial score (nSPS) is 16.7. The van der Waals surface area contributed by atoms with Crippen LogP contribution in [0.25, 0.3) is 0 Å². The van der Waals surface area contributed by atoms with Gasteiger partial charge in [-0.05, 0) is 34.8 Å². The number of ether oxygens (including phenoxy) is 1. The fraction of sp³-hybridized carbons (Fsp3) is 0.400. The van der Waals surface area contributed by atoms with Gasteiger partial charge in [-0.3, -0.25) is 4.98 Å². The number of aromatic nitrogens is 1. The fourth-order valence-corrected chi connectivity index (χ4v) is 4.82. The first-order valence-corrected chi connectivity index (χ1v) is 9.20. The minimum Gasteiger partial charge on any atom is -0.442 e. The molecule has 11 heteroatoms. The Morgan fingerprint density at radius 1 is 1.43 bits per heavy atom. The summed E-state index contributed by atoms with van der Waals surface area (Å²) in [6, 6.07) is 1.76. The lowest BCUT2D eigenvalue weighted by Crippen LogP contribution is -2.29. The first kappa shape index (κ1) is 16.9. The van der Waals surface area contributed by atoms with Crippen LogP contribution in [0.5, 0.6) is 5.75 Å². The Kier molecular flexibility index (Phi) is 5.13. The Morgan fingerprint density at radius 3 is 2.67 bits per heavy atom. The molecule has 1 aliphatic heterocycles. The average Bonchev–Trinajstić information content (AvgIpc) is 2.91. The lowest BCUT2D eigenvalue weighted by molar-refractivity contribution is 0.317. The van der Waals surface area contributed by atoms with Crippen molar-refractivity contribution in [2.45, 2.75) is 8.87 Å². The summed E-state index contributed by atoms with van der Waals surface area (Å²) in [5.41, 5.74) is -0.242. The first-order valence-electron chi connectivity index (χ1n) is 5.47. The number of hydrogen-bond acceptors (Lipinski definition) is 6. The molecule has 0 N–H and O–H groups in total. The Hall–Kier alpha value is -0.430. The van der Waals surface area contributed by atoms with Crippen molar-refractivity contribution in [3.05, 3.63) is 18.0 Å². The number of thioether (sulfide) groups is 1. The van der Waals surface area contributed by atoms with Gasteiger partial charge in [0.1, 0.15) is 16.5 Å². The number of sulfonamides is 1. The summed E-state index contributed by atoms with van der Waals surface area (Å²) in [7, 11) is -3.84. The third kappa shape index (κ3) is 3.86. The second kappa shape index (κ2) is 6.36. The number of hydrogen-bond donors (Lipinski definition) is 0. The summed E-state index contributed by atoms with van der Waals surface area (Å²) in [6.45, 7) is 0.368. The monoisotopic (exact) mass is 387 g/mol. The van der Waals surface area contributed by atoms with Crippen molar-refractivity contribution in [3.8, 4) is 11.8 Å². The second-order valence-corrected chi connectivity index (χ2v) is 9.05. The highest BCUT2D eigenvalue weighted by Gasteiger charge is 2.33. The number of halogens is 3. The summed E-state index contributed by atoms with van der Waals surface area (Å²) in [5.74, 6) is 0.812. The molecule has 0 unspecified atom stereocenters. The molecule has 1 fully saturated rings. The standard InChI is InChI=1S/C10H8Cl3N3O3S2/c11-10(12,13)19-8-4-15-5-9(7(8)3-14)21(17,18)16-1-2-20-6-16/h4-5H,1-2,6H2. The van der Waals surface area contributed by atoms with Crippen LogP contribution in [0.2, 0.25) is 0 Å². The minimum atomic E-state index is -3.84. The van der Waals surface area contributed by atoms with E-state index in [1.165, 1.54) is 16.1 Å². The topological polar surface area (TPSA) is 83.3 Å². The summed E-state index contributed by atoms with van der Waals surface area (Å²) in [6.07, 6.45) is 2.21. The molecule has 2 rings (SSSR count). The lowest BCUT2D eigenvalue weighted by atomic mass is 10.3. The largest absolute Gasteiger partial charge is 0.442 e. The highest BCUT2D eigenvalue weighted by Crippen LogP contribution is 2.34. The molecule has 0 aliphatic carbocycles. The Morgan fingerprint density at radius 2 is 2.14 bits per heavy atom. The zero-order chi connectivity index (χ0) is 15.7. The molecule has 1 aromatic heterocycles. The molecule has 6 nitrogen and oxygen atoms in total. The molecule has 21 heavy (non-hydrogen) atoms. The van der Waals surface area contributed by atoms with Crippen LogP contribution in [0.3, 0.4) is 0 Å². The van der Waals surface area contributed by atoms with Crippen molar-refractivity contribution >= 4 is 56.6 Å². The molecular weight excluding hydrogens is 381 g/mol.